The number of sulfonamides is 1. The molecule has 0 saturated carbocycles. The summed E-state index contributed by atoms with van der Waals surface area (Å²) >= 11 is 6.19. The molecular weight excluding hydrogens is 524 g/mol. The fourth-order valence-corrected chi connectivity index (χ4v) is 5.44. The normalized spacial score (nSPS) is 11.2. The number of hydrogen-bond acceptors (Lipinski definition) is 5. The predicted octanol–water partition coefficient (Wildman–Crippen LogP) is 5.76. The minimum Gasteiger partial charge on any atom is -0.495 e. The second kappa shape index (κ2) is 12.6. The van der Waals surface area contributed by atoms with Crippen LogP contribution in [-0.4, -0.2) is 32.3 Å². The van der Waals surface area contributed by atoms with E-state index < -0.39 is 22.5 Å². The van der Waals surface area contributed by atoms with E-state index in [1.54, 1.807) is 36.4 Å². The average Bonchev–Trinajstić information content (AvgIpc) is 2.93. The highest BCUT2D eigenvalue weighted by Gasteiger charge is 2.28. The largest absolute Gasteiger partial charge is 0.495 e. The maximum Gasteiger partial charge on any atom is 0.243 e. The van der Waals surface area contributed by atoms with Crippen molar-refractivity contribution in [3.63, 3.8) is 0 Å². The number of carbonyl (C=O) groups is 1. The lowest BCUT2D eigenvalue weighted by Crippen LogP contribution is -2.37. The molecule has 4 rings (SSSR count). The molecule has 0 atom stereocenters. The number of benzene rings is 4. The van der Waals surface area contributed by atoms with Crippen LogP contribution >= 0.6 is 11.6 Å². The van der Waals surface area contributed by atoms with Crippen LogP contribution in [0.3, 0.4) is 0 Å². The maximum absolute atomic E-state index is 13.5. The fourth-order valence-electron chi connectivity index (χ4n) is 3.71. The molecule has 1 amide bonds. The van der Waals surface area contributed by atoms with Crippen LogP contribution in [0.25, 0.3) is 0 Å². The Morgan fingerprint density at radius 1 is 0.868 bits per heavy atom. The molecule has 4 aromatic carbocycles. The van der Waals surface area contributed by atoms with Crippen molar-refractivity contribution in [2.75, 3.05) is 19.0 Å². The molecular formula is C29H27ClN2O5S. The van der Waals surface area contributed by atoms with Crippen molar-refractivity contribution in [1.82, 2.24) is 4.31 Å². The summed E-state index contributed by atoms with van der Waals surface area (Å²) in [6.07, 6.45) is 0. The summed E-state index contributed by atoms with van der Waals surface area (Å²) in [4.78, 5) is 12.9. The molecule has 0 fully saturated rings. The van der Waals surface area contributed by atoms with Crippen LogP contribution in [0.5, 0.6) is 11.5 Å². The zero-order chi connectivity index (χ0) is 27.0. The van der Waals surface area contributed by atoms with Crippen molar-refractivity contribution in [2.45, 2.75) is 18.0 Å². The minimum atomic E-state index is -4.06. The molecule has 0 bridgehead atoms. The molecule has 0 saturated heterocycles. The Balaban J connectivity index is 1.47. The van der Waals surface area contributed by atoms with Gasteiger partial charge in [0.15, 0.2) is 0 Å². The van der Waals surface area contributed by atoms with Gasteiger partial charge in [0.2, 0.25) is 15.9 Å². The topological polar surface area (TPSA) is 84.9 Å². The lowest BCUT2D eigenvalue weighted by atomic mass is 10.2. The van der Waals surface area contributed by atoms with Crippen molar-refractivity contribution in [1.29, 1.82) is 0 Å². The number of rotatable bonds is 11. The van der Waals surface area contributed by atoms with Gasteiger partial charge in [0.05, 0.1) is 23.6 Å². The summed E-state index contributed by atoms with van der Waals surface area (Å²) in [5.41, 5.74) is 2.30. The van der Waals surface area contributed by atoms with E-state index in [-0.39, 0.29) is 16.5 Å². The van der Waals surface area contributed by atoms with Gasteiger partial charge in [-0.25, -0.2) is 8.42 Å². The van der Waals surface area contributed by atoms with Gasteiger partial charge in [-0.05, 0) is 53.6 Å². The van der Waals surface area contributed by atoms with Crippen molar-refractivity contribution < 1.29 is 22.7 Å². The number of ether oxygens (including phenoxy) is 2. The first-order valence-corrected chi connectivity index (χ1v) is 13.6. The Morgan fingerprint density at radius 3 is 2.11 bits per heavy atom. The first-order valence-electron chi connectivity index (χ1n) is 11.8. The maximum atomic E-state index is 13.5. The number of hydrogen-bond donors (Lipinski definition) is 1. The second-order valence-corrected chi connectivity index (χ2v) is 10.7. The van der Waals surface area contributed by atoms with Crippen molar-refractivity contribution >= 4 is 33.2 Å². The van der Waals surface area contributed by atoms with Crippen LogP contribution in [0, 0.1) is 0 Å². The van der Waals surface area contributed by atoms with Crippen molar-refractivity contribution in [2.24, 2.45) is 0 Å². The Labute approximate surface area is 227 Å². The second-order valence-electron chi connectivity index (χ2n) is 8.40. The van der Waals surface area contributed by atoms with E-state index in [0.717, 1.165) is 15.4 Å². The third kappa shape index (κ3) is 7.13. The summed E-state index contributed by atoms with van der Waals surface area (Å²) in [6.45, 7) is 0.0356. The highest BCUT2D eigenvalue weighted by Crippen LogP contribution is 2.29. The lowest BCUT2D eigenvalue weighted by molar-refractivity contribution is -0.116. The molecule has 0 aromatic heterocycles. The molecule has 38 heavy (non-hydrogen) atoms. The van der Waals surface area contributed by atoms with Crippen molar-refractivity contribution in [3.05, 3.63) is 119 Å². The number of halogens is 1. The number of amides is 1. The van der Waals surface area contributed by atoms with Crippen molar-refractivity contribution in [3.8, 4) is 11.5 Å². The Kier molecular flexibility index (Phi) is 9.02. The van der Waals surface area contributed by atoms with E-state index in [9.17, 15) is 13.2 Å². The summed E-state index contributed by atoms with van der Waals surface area (Å²) in [7, 11) is -2.61. The van der Waals surface area contributed by atoms with Gasteiger partial charge in [0, 0.05) is 12.2 Å². The number of nitrogens with one attached hydrogen (secondary N) is 1. The monoisotopic (exact) mass is 550 g/mol. The highest BCUT2D eigenvalue weighted by molar-refractivity contribution is 7.89. The highest BCUT2D eigenvalue weighted by atomic mass is 35.5. The van der Waals surface area contributed by atoms with Gasteiger partial charge in [-0.15, -0.1) is 0 Å². The molecule has 0 aliphatic heterocycles. The zero-order valence-corrected chi connectivity index (χ0v) is 22.3. The standard InChI is InChI=1S/C29H27ClN2O5S/c1-36-28-17-16-26(18-27(28)30)38(34,35)32(19-22-8-4-2-5-9-22)20-29(33)31-24-12-14-25(15-13-24)37-21-23-10-6-3-7-11-23/h2-18H,19-21H2,1H3,(H,31,33). The van der Waals surface area contributed by atoms with Crippen LogP contribution in [0.1, 0.15) is 11.1 Å². The molecule has 1 N–H and O–H groups in total. The zero-order valence-electron chi connectivity index (χ0n) is 20.7. The Bertz CT molecular complexity index is 1460. The first-order chi connectivity index (χ1) is 18.3. The van der Waals surface area contributed by atoms with Crippen LogP contribution in [-0.2, 0) is 28.0 Å². The lowest BCUT2D eigenvalue weighted by Gasteiger charge is -2.22. The van der Waals surface area contributed by atoms with E-state index in [1.165, 1.54) is 25.3 Å². The van der Waals surface area contributed by atoms with Gasteiger partial charge in [0.1, 0.15) is 18.1 Å². The Hall–Kier alpha value is -3.85. The molecule has 0 spiro atoms. The minimum absolute atomic E-state index is 0.00645. The number of carbonyl (C=O) groups excluding carboxylic acids is 1. The first kappa shape index (κ1) is 27.2. The molecule has 7 nitrogen and oxygen atoms in total. The van der Waals surface area contributed by atoms with E-state index in [0.29, 0.717) is 23.8 Å². The fraction of sp³-hybridized carbons (Fsp3) is 0.138. The van der Waals surface area contributed by atoms with Gasteiger partial charge >= 0.3 is 0 Å². The van der Waals surface area contributed by atoms with Crippen LogP contribution in [0.15, 0.2) is 108 Å². The van der Waals surface area contributed by atoms with E-state index in [1.807, 2.05) is 48.5 Å². The molecule has 0 heterocycles. The third-order valence-corrected chi connectivity index (χ3v) is 7.75. The average molecular weight is 551 g/mol. The van der Waals surface area contributed by atoms with Crippen LogP contribution < -0.4 is 14.8 Å². The quantitative estimate of drug-likeness (QED) is 0.257. The number of methoxy groups -OCH3 is 1. The van der Waals surface area contributed by atoms with Gasteiger partial charge in [0.25, 0.3) is 0 Å². The van der Waals surface area contributed by atoms with E-state index >= 15 is 0 Å². The van der Waals surface area contributed by atoms with Crippen LogP contribution in [0.4, 0.5) is 5.69 Å². The summed E-state index contributed by atoms with van der Waals surface area (Å²) in [5.74, 6) is 0.521. The van der Waals surface area contributed by atoms with Gasteiger partial charge < -0.3 is 14.8 Å². The molecule has 0 aliphatic carbocycles. The van der Waals surface area contributed by atoms with Gasteiger partial charge in [-0.3, -0.25) is 4.79 Å². The molecule has 0 aliphatic rings. The molecule has 9 heteroatoms. The summed E-state index contributed by atoms with van der Waals surface area (Å²) in [5, 5.41) is 2.93. The molecule has 0 radical (unpaired) electrons. The summed E-state index contributed by atoms with van der Waals surface area (Å²) in [6, 6.07) is 30.0. The Morgan fingerprint density at radius 2 is 1.50 bits per heavy atom. The predicted molar refractivity (Wildman–Crippen MR) is 148 cm³/mol. The molecule has 196 valence electrons. The third-order valence-electron chi connectivity index (χ3n) is 5.67. The number of anilines is 1. The smallest absolute Gasteiger partial charge is 0.243 e. The molecule has 0 unspecified atom stereocenters. The van der Waals surface area contributed by atoms with Crippen LogP contribution in [0.2, 0.25) is 5.02 Å². The van der Waals surface area contributed by atoms with E-state index in [2.05, 4.69) is 5.32 Å². The van der Waals surface area contributed by atoms with Gasteiger partial charge in [-0.2, -0.15) is 4.31 Å². The van der Waals surface area contributed by atoms with E-state index in [4.69, 9.17) is 21.1 Å². The SMILES string of the molecule is COc1ccc(S(=O)(=O)N(CC(=O)Nc2ccc(OCc3ccccc3)cc2)Cc2ccccc2)cc1Cl. The number of nitrogens with zero attached hydrogens (tertiary/aromatic N) is 1. The molecule has 4 aromatic rings. The van der Waals surface area contributed by atoms with Gasteiger partial charge in [-0.1, -0.05) is 72.3 Å². The summed E-state index contributed by atoms with van der Waals surface area (Å²) < 4.78 is 39.1.